The molecule has 1 N–H and O–H groups in total. The highest BCUT2D eigenvalue weighted by Gasteiger charge is 2.17. The smallest absolute Gasteiger partial charge is 0.231 e. The third-order valence-corrected chi connectivity index (χ3v) is 3.55. The summed E-state index contributed by atoms with van der Waals surface area (Å²) in [5, 5.41) is 4.00. The molecule has 0 spiro atoms. The monoisotopic (exact) mass is 289 g/mol. The minimum absolute atomic E-state index is 0.245. The molecular weight excluding hydrogens is 274 g/mol. The summed E-state index contributed by atoms with van der Waals surface area (Å²) in [7, 11) is 0. The number of hydrogen-bond donors (Lipinski definition) is 1. The van der Waals surface area contributed by atoms with Crippen LogP contribution in [0, 0.1) is 6.92 Å². The van der Waals surface area contributed by atoms with E-state index in [4.69, 9.17) is 21.1 Å². The van der Waals surface area contributed by atoms with Gasteiger partial charge in [-0.25, -0.2) is 0 Å². The Balaban J connectivity index is 1.61. The predicted octanol–water partition coefficient (Wildman–Crippen LogP) is 3.67. The summed E-state index contributed by atoms with van der Waals surface area (Å²) >= 11 is 6.16. The van der Waals surface area contributed by atoms with Gasteiger partial charge in [0.15, 0.2) is 11.5 Å². The maximum Gasteiger partial charge on any atom is 0.231 e. The molecule has 3 rings (SSSR count). The highest BCUT2D eigenvalue weighted by molar-refractivity contribution is 6.32. The second kappa shape index (κ2) is 5.73. The van der Waals surface area contributed by atoms with Gasteiger partial charge in [0.1, 0.15) is 0 Å². The Morgan fingerprint density at radius 3 is 2.60 bits per heavy atom. The molecule has 0 amide bonds. The largest absolute Gasteiger partial charge is 0.454 e. The van der Waals surface area contributed by atoms with Crippen LogP contribution in [-0.2, 0) is 13.1 Å². The molecule has 104 valence electrons. The molecule has 20 heavy (non-hydrogen) atoms. The van der Waals surface area contributed by atoms with Gasteiger partial charge in [-0.3, -0.25) is 0 Å². The molecule has 0 aromatic heterocycles. The van der Waals surface area contributed by atoms with Crippen LogP contribution in [0.4, 0.5) is 0 Å². The van der Waals surface area contributed by atoms with Crippen molar-refractivity contribution in [1.29, 1.82) is 0 Å². The van der Waals surface area contributed by atoms with Crippen LogP contribution in [-0.4, -0.2) is 6.79 Å². The first kappa shape index (κ1) is 13.3. The first-order chi connectivity index (χ1) is 9.72. The normalized spacial score (nSPS) is 12.7. The Labute approximate surface area is 123 Å². The first-order valence-corrected chi connectivity index (χ1v) is 6.94. The van der Waals surface area contributed by atoms with Gasteiger partial charge in [0, 0.05) is 13.1 Å². The van der Waals surface area contributed by atoms with Crippen molar-refractivity contribution in [2.24, 2.45) is 0 Å². The molecule has 2 aromatic rings. The highest BCUT2D eigenvalue weighted by atomic mass is 35.5. The summed E-state index contributed by atoms with van der Waals surface area (Å²) in [5.74, 6) is 1.37. The molecule has 1 heterocycles. The molecule has 0 atom stereocenters. The molecule has 0 unspecified atom stereocenters. The van der Waals surface area contributed by atoms with Gasteiger partial charge in [0.25, 0.3) is 0 Å². The minimum Gasteiger partial charge on any atom is -0.454 e. The number of benzene rings is 2. The van der Waals surface area contributed by atoms with Crippen molar-refractivity contribution in [3.05, 3.63) is 58.1 Å². The number of hydrogen-bond acceptors (Lipinski definition) is 3. The van der Waals surface area contributed by atoms with Crippen LogP contribution in [0.3, 0.4) is 0 Å². The van der Waals surface area contributed by atoms with Crippen molar-refractivity contribution < 1.29 is 9.47 Å². The third-order valence-electron chi connectivity index (χ3n) is 3.27. The van der Waals surface area contributed by atoms with Crippen molar-refractivity contribution in [3.63, 3.8) is 0 Å². The Hall–Kier alpha value is -1.71. The molecule has 0 bridgehead atoms. The van der Waals surface area contributed by atoms with Crippen molar-refractivity contribution in [1.82, 2.24) is 5.32 Å². The molecule has 2 aromatic carbocycles. The van der Waals surface area contributed by atoms with E-state index in [2.05, 4.69) is 36.5 Å². The molecule has 1 aliphatic rings. The molecule has 3 nitrogen and oxygen atoms in total. The van der Waals surface area contributed by atoms with Gasteiger partial charge in [0.05, 0.1) is 5.02 Å². The fourth-order valence-corrected chi connectivity index (χ4v) is 2.47. The minimum atomic E-state index is 0.245. The van der Waals surface area contributed by atoms with Crippen molar-refractivity contribution in [2.75, 3.05) is 6.79 Å². The van der Waals surface area contributed by atoms with Crippen molar-refractivity contribution in [2.45, 2.75) is 20.0 Å². The molecule has 4 heteroatoms. The van der Waals surface area contributed by atoms with E-state index < -0.39 is 0 Å². The summed E-state index contributed by atoms with van der Waals surface area (Å²) in [5.41, 5.74) is 3.63. The maximum absolute atomic E-state index is 6.16. The quantitative estimate of drug-likeness (QED) is 0.931. The lowest BCUT2D eigenvalue weighted by molar-refractivity contribution is 0.174. The lowest BCUT2D eigenvalue weighted by Gasteiger charge is -2.07. The van der Waals surface area contributed by atoms with Crippen molar-refractivity contribution in [3.8, 4) is 11.5 Å². The molecule has 0 saturated carbocycles. The first-order valence-electron chi connectivity index (χ1n) is 6.56. The van der Waals surface area contributed by atoms with E-state index in [-0.39, 0.29) is 6.79 Å². The second-order valence-electron chi connectivity index (χ2n) is 4.90. The van der Waals surface area contributed by atoms with Gasteiger partial charge < -0.3 is 14.8 Å². The molecule has 0 aliphatic carbocycles. The van der Waals surface area contributed by atoms with Crippen LogP contribution >= 0.6 is 11.6 Å². The Morgan fingerprint density at radius 2 is 1.80 bits per heavy atom. The van der Waals surface area contributed by atoms with Crippen LogP contribution in [0.2, 0.25) is 5.02 Å². The average molecular weight is 290 g/mol. The molecular formula is C16H16ClNO2. The second-order valence-corrected chi connectivity index (χ2v) is 5.31. The van der Waals surface area contributed by atoms with Gasteiger partial charge in [-0.15, -0.1) is 0 Å². The number of fused-ring (bicyclic) bond motifs is 1. The van der Waals surface area contributed by atoms with E-state index in [1.54, 1.807) is 0 Å². The average Bonchev–Trinajstić information content (AvgIpc) is 2.90. The summed E-state index contributed by atoms with van der Waals surface area (Å²) in [4.78, 5) is 0. The lowest BCUT2D eigenvalue weighted by Crippen LogP contribution is -2.12. The van der Waals surface area contributed by atoms with Crippen LogP contribution in [0.5, 0.6) is 11.5 Å². The van der Waals surface area contributed by atoms with Gasteiger partial charge >= 0.3 is 0 Å². The number of aryl methyl sites for hydroxylation is 1. The fraction of sp³-hybridized carbons (Fsp3) is 0.250. The zero-order valence-electron chi connectivity index (χ0n) is 11.3. The zero-order valence-corrected chi connectivity index (χ0v) is 12.0. The predicted molar refractivity (Wildman–Crippen MR) is 79.3 cm³/mol. The van der Waals surface area contributed by atoms with E-state index in [1.807, 2.05) is 12.1 Å². The zero-order chi connectivity index (χ0) is 13.9. The van der Waals surface area contributed by atoms with Crippen LogP contribution in [0.1, 0.15) is 16.7 Å². The number of halogens is 1. The summed E-state index contributed by atoms with van der Waals surface area (Å²) in [6, 6.07) is 12.4. The Bertz CT molecular complexity index is 611. The van der Waals surface area contributed by atoms with Gasteiger partial charge in [-0.1, -0.05) is 41.4 Å². The van der Waals surface area contributed by atoms with Crippen molar-refractivity contribution >= 4 is 11.6 Å². The topological polar surface area (TPSA) is 30.5 Å². The van der Waals surface area contributed by atoms with E-state index >= 15 is 0 Å². The summed E-state index contributed by atoms with van der Waals surface area (Å²) in [6.07, 6.45) is 0. The highest BCUT2D eigenvalue weighted by Crippen LogP contribution is 2.39. The third kappa shape index (κ3) is 2.89. The van der Waals surface area contributed by atoms with E-state index in [0.717, 1.165) is 24.4 Å². The molecule has 0 radical (unpaired) electrons. The number of nitrogens with one attached hydrogen (secondary N) is 1. The summed E-state index contributed by atoms with van der Waals surface area (Å²) in [6.45, 7) is 3.90. The van der Waals surface area contributed by atoms with Gasteiger partial charge in [-0.2, -0.15) is 0 Å². The fourth-order valence-electron chi connectivity index (χ4n) is 2.18. The summed E-state index contributed by atoms with van der Waals surface area (Å²) < 4.78 is 10.7. The van der Waals surface area contributed by atoms with Crippen LogP contribution < -0.4 is 14.8 Å². The lowest BCUT2D eigenvalue weighted by atomic mass is 10.1. The molecule has 0 saturated heterocycles. The van der Waals surface area contributed by atoms with Crippen LogP contribution in [0.25, 0.3) is 0 Å². The van der Waals surface area contributed by atoms with Gasteiger partial charge in [0.2, 0.25) is 6.79 Å². The van der Waals surface area contributed by atoms with E-state index in [0.29, 0.717) is 10.8 Å². The van der Waals surface area contributed by atoms with E-state index in [9.17, 15) is 0 Å². The SMILES string of the molecule is Cc1ccc(CNCc2cc(Cl)c3c(c2)OCO3)cc1. The van der Waals surface area contributed by atoms with E-state index in [1.165, 1.54) is 11.1 Å². The maximum atomic E-state index is 6.16. The molecule has 0 fully saturated rings. The Morgan fingerprint density at radius 1 is 1.05 bits per heavy atom. The Kier molecular flexibility index (Phi) is 3.81. The number of ether oxygens (including phenoxy) is 2. The molecule has 1 aliphatic heterocycles. The van der Waals surface area contributed by atoms with Gasteiger partial charge in [-0.05, 0) is 30.2 Å². The van der Waals surface area contributed by atoms with Crippen LogP contribution in [0.15, 0.2) is 36.4 Å². The standard InChI is InChI=1S/C16H16ClNO2/c1-11-2-4-12(5-3-11)8-18-9-13-6-14(17)16-15(7-13)19-10-20-16/h2-7,18H,8-10H2,1H3. The number of rotatable bonds is 4.